The van der Waals surface area contributed by atoms with E-state index in [0.29, 0.717) is 42.5 Å². The van der Waals surface area contributed by atoms with Crippen LogP contribution in [0.15, 0.2) is 28.8 Å². The van der Waals surface area contributed by atoms with Gasteiger partial charge in [-0.05, 0) is 43.7 Å². The van der Waals surface area contributed by atoms with Gasteiger partial charge >= 0.3 is 0 Å². The van der Waals surface area contributed by atoms with Crippen molar-refractivity contribution in [3.8, 4) is 5.75 Å². The maximum absolute atomic E-state index is 11.9. The zero-order chi connectivity index (χ0) is 16.5. The van der Waals surface area contributed by atoms with Crippen molar-refractivity contribution in [2.45, 2.75) is 32.8 Å². The van der Waals surface area contributed by atoms with Gasteiger partial charge in [0.1, 0.15) is 5.75 Å². The van der Waals surface area contributed by atoms with Crippen LogP contribution in [0, 0.1) is 0 Å². The van der Waals surface area contributed by atoms with Crippen LogP contribution in [-0.2, 0) is 13.0 Å². The third kappa shape index (κ3) is 5.37. The van der Waals surface area contributed by atoms with Crippen LogP contribution in [0.2, 0.25) is 0 Å². The molecule has 124 valence electrons. The predicted octanol–water partition coefficient (Wildman–Crippen LogP) is 1.68. The summed E-state index contributed by atoms with van der Waals surface area (Å²) in [4.78, 5) is 16.1. The summed E-state index contributed by atoms with van der Waals surface area (Å²) in [6, 6.07) is 6.94. The summed E-state index contributed by atoms with van der Waals surface area (Å²) in [5.41, 5.74) is 6.01. The molecule has 0 spiro atoms. The van der Waals surface area contributed by atoms with Gasteiger partial charge in [-0.3, -0.25) is 4.79 Å². The first-order chi connectivity index (χ1) is 11.2. The predicted molar refractivity (Wildman–Crippen MR) is 85.1 cm³/mol. The van der Waals surface area contributed by atoms with E-state index in [-0.39, 0.29) is 12.5 Å². The lowest BCUT2D eigenvalue weighted by atomic mass is 10.2. The van der Waals surface area contributed by atoms with Gasteiger partial charge in [0.2, 0.25) is 11.7 Å². The lowest BCUT2D eigenvalue weighted by molar-refractivity contribution is 0.0953. The number of carbonyl (C=O) groups is 1. The Hall–Kier alpha value is -2.41. The zero-order valence-electron chi connectivity index (χ0n) is 13.2. The van der Waals surface area contributed by atoms with E-state index in [4.69, 9.17) is 15.0 Å². The number of aromatic nitrogens is 2. The number of benzene rings is 1. The number of nitrogens with two attached hydrogens (primary N) is 1. The number of amides is 1. The summed E-state index contributed by atoms with van der Waals surface area (Å²) in [5.74, 6) is 1.64. The number of hydrogen-bond donors (Lipinski definition) is 2. The molecule has 0 aliphatic carbocycles. The molecule has 7 heteroatoms. The molecule has 0 radical (unpaired) electrons. The number of ether oxygens (including phenoxy) is 1. The molecule has 0 fully saturated rings. The molecule has 0 saturated carbocycles. The van der Waals surface area contributed by atoms with E-state index < -0.39 is 0 Å². The van der Waals surface area contributed by atoms with Crippen molar-refractivity contribution in [3.63, 3.8) is 0 Å². The Morgan fingerprint density at radius 2 is 2.09 bits per heavy atom. The Balaban J connectivity index is 1.80. The highest BCUT2D eigenvalue weighted by molar-refractivity contribution is 5.94. The van der Waals surface area contributed by atoms with Crippen molar-refractivity contribution in [1.82, 2.24) is 15.5 Å². The van der Waals surface area contributed by atoms with E-state index in [1.165, 1.54) is 0 Å². The van der Waals surface area contributed by atoms with Gasteiger partial charge in [0, 0.05) is 18.5 Å². The van der Waals surface area contributed by atoms with E-state index in [1.807, 2.05) is 6.92 Å². The van der Waals surface area contributed by atoms with Gasteiger partial charge in [-0.25, -0.2) is 0 Å². The first-order valence-electron chi connectivity index (χ1n) is 7.75. The highest BCUT2D eigenvalue weighted by Crippen LogP contribution is 2.13. The van der Waals surface area contributed by atoms with Gasteiger partial charge in [0.15, 0.2) is 6.61 Å². The van der Waals surface area contributed by atoms with Crippen LogP contribution in [0.5, 0.6) is 5.75 Å². The smallest absolute Gasteiger partial charge is 0.251 e. The topological polar surface area (TPSA) is 103 Å². The normalized spacial score (nSPS) is 10.5. The van der Waals surface area contributed by atoms with Gasteiger partial charge in [-0.15, -0.1) is 0 Å². The molecule has 0 saturated heterocycles. The average Bonchev–Trinajstić information content (AvgIpc) is 3.05. The Kier molecular flexibility index (Phi) is 6.56. The Morgan fingerprint density at radius 1 is 1.30 bits per heavy atom. The minimum Gasteiger partial charge on any atom is -0.485 e. The minimum atomic E-state index is -0.0978. The van der Waals surface area contributed by atoms with Crippen LogP contribution in [0.25, 0.3) is 0 Å². The minimum absolute atomic E-state index is 0.0978. The van der Waals surface area contributed by atoms with Crippen LogP contribution in [-0.4, -0.2) is 29.1 Å². The van der Waals surface area contributed by atoms with E-state index in [1.54, 1.807) is 24.3 Å². The first kappa shape index (κ1) is 17.0. The van der Waals surface area contributed by atoms with Gasteiger partial charge in [-0.2, -0.15) is 4.98 Å². The number of nitrogens with one attached hydrogen (secondary N) is 1. The fraction of sp³-hybridized carbons (Fsp3) is 0.438. The molecule has 1 aromatic heterocycles. The van der Waals surface area contributed by atoms with Crippen molar-refractivity contribution in [2.75, 3.05) is 13.1 Å². The van der Waals surface area contributed by atoms with Crippen LogP contribution in [0.4, 0.5) is 0 Å². The molecule has 3 N–H and O–H groups in total. The standard InChI is InChI=1S/C16H22N4O3/c1-2-15-19-14(20-23-15)11-22-13-7-5-12(6-8-13)16(21)18-10-4-3-9-17/h5-8H,2-4,9-11,17H2,1H3,(H,18,21). The summed E-state index contributed by atoms with van der Waals surface area (Å²) < 4.78 is 10.6. The van der Waals surface area contributed by atoms with Gasteiger partial charge in [-0.1, -0.05) is 12.1 Å². The van der Waals surface area contributed by atoms with E-state index in [9.17, 15) is 4.79 Å². The van der Waals surface area contributed by atoms with Crippen molar-refractivity contribution in [2.24, 2.45) is 5.73 Å². The lowest BCUT2D eigenvalue weighted by Crippen LogP contribution is -2.24. The number of nitrogens with zero attached hydrogens (tertiary/aromatic N) is 2. The van der Waals surface area contributed by atoms with Crippen molar-refractivity contribution >= 4 is 5.91 Å². The Labute approximate surface area is 135 Å². The number of hydrogen-bond acceptors (Lipinski definition) is 6. The van der Waals surface area contributed by atoms with Gasteiger partial charge < -0.3 is 20.3 Å². The van der Waals surface area contributed by atoms with Gasteiger partial charge in [0.05, 0.1) is 0 Å². The van der Waals surface area contributed by atoms with E-state index >= 15 is 0 Å². The van der Waals surface area contributed by atoms with Crippen molar-refractivity contribution in [3.05, 3.63) is 41.5 Å². The molecule has 0 bridgehead atoms. The average molecular weight is 318 g/mol. The Bertz CT molecular complexity index is 610. The van der Waals surface area contributed by atoms with Crippen LogP contribution in [0.3, 0.4) is 0 Å². The number of aryl methyl sites for hydroxylation is 1. The number of unbranched alkanes of at least 4 members (excludes halogenated alkanes) is 1. The van der Waals surface area contributed by atoms with Crippen LogP contribution < -0.4 is 15.8 Å². The zero-order valence-corrected chi connectivity index (χ0v) is 13.2. The van der Waals surface area contributed by atoms with Crippen LogP contribution in [0.1, 0.15) is 41.8 Å². The summed E-state index contributed by atoms with van der Waals surface area (Å²) in [7, 11) is 0. The largest absolute Gasteiger partial charge is 0.485 e. The molecule has 1 heterocycles. The molecule has 2 rings (SSSR count). The molecule has 23 heavy (non-hydrogen) atoms. The summed E-state index contributed by atoms with van der Waals surface area (Å²) >= 11 is 0. The third-order valence-corrected chi connectivity index (χ3v) is 3.21. The second-order valence-corrected chi connectivity index (χ2v) is 5.02. The van der Waals surface area contributed by atoms with Crippen molar-refractivity contribution < 1.29 is 14.1 Å². The summed E-state index contributed by atoms with van der Waals surface area (Å²) in [6.07, 6.45) is 2.48. The van der Waals surface area contributed by atoms with Gasteiger partial charge in [0.25, 0.3) is 5.91 Å². The number of rotatable bonds is 9. The molecule has 0 aliphatic heterocycles. The maximum Gasteiger partial charge on any atom is 0.251 e. The number of carbonyl (C=O) groups excluding carboxylic acids is 1. The summed E-state index contributed by atoms with van der Waals surface area (Å²) in [5, 5.41) is 6.67. The molecular formula is C16H22N4O3. The third-order valence-electron chi connectivity index (χ3n) is 3.21. The molecule has 0 aliphatic rings. The van der Waals surface area contributed by atoms with E-state index in [2.05, 4.69) is 15.5 Å². The van der Waals surface area contributed by atoms with Crippen LogP contribution >= 0.6 is 0 Å². The maximum atomic E-state index is 11.9. The second kappa shape index (κ2) is 8.89. The molecule has 1 aromatic carbocycles. The van der Waals surface area contributed by atoms with Crippen molar-refractivity contribution in [1.29, 1.82) is 0 Å². The Morgan fingerprint density at radius 3 is 2.74 bits per heavy atom. The van der Waals surface area contributed by atoms with E-state index in [0.717, 1.165) is 12.8 Å². The molecule has 0 atom stereocenters. The first-order valence-corrected chi connectivity index (χ1v) is 7.75. The second-order valence-electron chi connectivity index (χ2n) is 5.02. The highest BCUT2D eigenvalue weighted by Gasteiger charge is 2.07. The summed E-state index contributed by atoms with van der Waals surface area (Å²) in [6.45, 7) is 3.44. The molecule has 7 nitrogen and oxygen atoms in total. The molecule has 0 unspecified atom stereocenters. The molecule has 1 amide bonds. The monoisotopic (exact) mass is 318 g/mol. The fourth-order valence-electron chi connectivity index (χ4n) is 1.92. The SMILES string of the molecule is CCc1nc(COc2ccc(C(=O)NCCCCN)cc2)no1. The molecule has 2 aromatic rings. The quantitative estimate of drug-likeness (QED) is 0.682. The lowest BCUT2D eigenvalue weighted by Gasteiger charge is -2.06. The fourth-order valence-corrected chi connectivity index (χ4v) is 1.92. The molecular weight excluding hydrogens is 296 g/mol. The highest BCUT2D eigenvalue weighted by atomic mass is 16.5.